The largest absolute Gasteiger partial charge is 0.346 e. The highest BCUT2D eigenvalue weighted by molar-refractivity contribution is 6.08. The number of rotatable bonds is 6. The fourth-order valence-electron chi connectivity index (χ4n) is 2.81. The lowest BCUT2D eigenvalue weighted by Crippen LogP contribution is -2.23. The van der Waals surface area contributed by atoms with Crippen LogP contribution in [0.2, 0.25) is 0 Å². The molecule has 0 saturated carbocycles. The van der Waals surface area contributed by atoms with Gasteiger partial charge in [0.2, 0.25) is 0 Å². The van der Waals surface area contributed by atoms with Crippen LogP contribution in [0.25, 0.3) is 10.9 Å². The zero-order chi connectivity index (χ0) is 18.7. The number of carbonyl (C=O) groups excluding carboxylic acids is 1. The van der Waals surface area contributed by atoms with E-state index in [4.69, 9.17) is 5.26 Å². The van der Waals surface area contributed by atoms with Crippen molar-refractivity contribution in [2.75, 3.05) is 0 Å². The molecule has 0 spiro atoms. The van der Waals surface area contributed by atoms with Crippen LogP contribution in [-0.4, -0.2) is 19.8 Å². The summed E-state index contributed by atoms with van der Waals surface area (Å²) in [6.45, 7) is 0.147. The van der Waals surface area contributed by atoms with Crippen LogP contribution in [0, 0.1) is 21.4 Å². The van der Waals surface area contributed by atoms with Crippen LogP contribution in [0.5, 0.6) is 0 Å². The number of ketones is 1. The number of hydrogen-bond acceptors (Lipinski definition) is 5. The van der Waals surface area contributed by atoms with Crippen molar-refractivity contribution in [2.45, 2.75) is 19.5 Å². The summed E-state index contributed by atoms with van der Waals surface area (Å²) in [5.41, 5.74) is 0.487. The Kier molecular flexibility index (Phi) is 4.62. The number of nitrogens with zero attached hydrogens (tertiary/aromatic N) is 4. The van der Waals surface area contributed by atoms with E-state index in [1.807, 2.05) is 16.7 Å². The molecule has 8 nitrogen and oxygen atoms in total. The molecule has 0 unspecified atom stereocenters. The minimum Gasteiger partial charge on any atom is -0.346 e. The molecule has 8 heteroatoms. The average Bonchev–Trinajstić information content (AvgIpc) is 3.00. The lowest BCUT2D eigenvalue weighted by molar-refractivity contribution is -0.385. The number of aromatic nitrogens is 2. The fourth-order valence-corrected chi connectivity index (χ4v) is 2.81. The maximum atomic E-state index is 12.7. The smallest absolute Gasteiger partial charge is 0.285 e. The molecule has 26 heavy (non-hydrogen) atoms. The van der Waals surface area contributed by atoms with Gasteiger partial charge in [0.1, 0.15) is 0 Å². The molecule has 0 bridgehead atoms. The Hall–Kier alpha value is -3.73. The van der Waals surface area contributed by atoms with E-state index in [2.05, 4.69) is 6.07 Å². The van der Waals surface area contributed by atoms with Crippen LogP contribution >= 0.6 is 0 Å². The third-order valence-electron chi connectivity index (χ3n) is 4.05. The number of fused-ring (bicyclic) bond motifs is 1. The molecule has 0 fully saturated rings. The summed E-state index contributed by atoms with van der Waals surface area (Å²) in [5.74, 6) is -0.334. The quantitative estimate of drug-likeness (QED) is 0.385. The molecule has 0 radical (unpaired) electrons. The van der Waals surface area contributed by atoms with Gasteiger partial charge in [-0.25, -0.2) is 0 Å². The molecule has 0 N–H and O–H groups in total. The topological polar surface area (TPSA) is 111 Å². The highest BCUT2D eigenvalue weighted by Gasteiger charge is 2.17. The van der Waals surface area contributed by atoms with Gasteiger partial charge in [0.15, 0.2) is 5.78 Å². The summed E-state index contributed by atoms with van der Waals surface area (Å²) in [4.78, 5) is 34.9. The Morgan fingerprint density at radius 3 is 2.65 bits per heavy atom. The lowest BCUT2D eigenvalue weighted by atomic mass is 10.1. The summed E-state index contributed by atoms with van der Waals surface area (Å²) >= 11 is 0. The second kappa shape index (κ2) is 7.03. The van der Waals surface area contributed by atoms with E-state index in [9.17, 15) is 19.7 Å². The van der Waals surface area contributed by atoms with Gasteiger partial charge in [-0.2, -0.15) is 5.26 Å². The SMILES string of the molecule is N#CCCn1cc(C(=O)Cn2cc([N+](=O)[O-])ccc2=O)c2ccccc21. The molecule has 1 aromatic carbocycles. The van der Waals surface area contributed by atoms with E-state index in [0.29, 0.717) is 23.9 Å². The van der Waals surface area contributed by atoms with Gasteiger partial charge in [0.05, 0.1) is 30.2 Å². The third kappa shape index (κ3) is 3.23. The van der Waals surface area contributed by atoms with E-state index in [0.717, 1.165) is 28.4 Å². The normalized spacial score (nSPS) is 10.6. The Morgan fingerprint density at radius 1 is 1.15 bits per heavy atom. The zero-order valence-electron chi connectivity index (χ0n) is 13.7. The maximum absolute atomic E-state index is 12.7. The molecule has 130 valence electrons. The first-order valence-corrected chi connectivity index (χ1v) is 7.84. The van der Waals surface area contributed by atoms with E-state index in [1.54, 1.807) is 18.3 Å². The molecule has 0 aliphatic rings. The van der Waals surface area contributed by atoms with Gasteiger partial charge in [-0.3, -0.25) is 19.7 Å². The number of benzene rings is 1. The number of aryl methyl sites for hydroxylation is 1. The summed E-state index contributed by atoms with van der Waals surface area (Å²) < 4.78 is 2.85. The number of hydrogen-bond donors (Lipinski definition) is 0. The van der Waals surface area contributed by atoms with Crippen LogP contribution in [0.15, 0.2) is 53.6 Å². The predicted octanol–water partition coefficient (Wildman–Crippen LogP) is 2.51. The molecule has 0 saturated heterocycles. The van der Waals surface area contributed by atoms with Crippen LogP contribution < -0.4 is 5.56 Å². The van der Waals surface area contributed by atoms with Gasteiger partial charge in [-0.15, -0.1) is 0 Å². The number of carbonyl (C=O) groups is 1. The third-order valence-corrected chi connectivity index (χ3v) is 4.05. The van der Waals surface area contributed by atoms with Crippen molar-refractivity contribution in [2.24, 2.45) is 0 Å². The maximum Gasteiger partial charge on any atom is 0.285 e. The standard InChI is InChI=1S/C18H14N4O4/c19-8-3-9-20-11-15(14-4-1-2-5-16(14)20)17(23)12-21-10-13(22(25)26)6-7-18(21)24/h1-2,4-7,10-11H,3,9,12H2. The number of Topliss-reactive ketones (excluding diaryl/α,β-unsaturated/α-hetero) is 1. The van der Waals surface area contributed by atoms with Gasteiger partial charge in [0.25, 0.3) is 11.2 Å². The Bertz CT molecular complexity index is 1100. The molecule has 3 aromatic rings. The number of nitriles is 1. The summed E-state index contributed by atoms with van der Waals surface area (Å²) in [5, 5.41) is 20.4. The number of nitro groups is 1. The Balaban J connectivity index is 1.99. The fraction of sp³-hybridized carbons (Fsp3) is 0.167. The highest BCUT2D eigenvalue weighted by Crippen LogP contribution is 2.22. The first kappa shape index (κ1) is 17.1. The molecular weight excluding hydrogens is 336 g/mol. The van der Waals surface area contributed by atoms with Crippen molar-refractivity contribution in [3.63, 3.8) is 0 Å². The number of pyridine rings is 1. The monoisotopic (exact) mass is 350 g/mol. The van der Waals surface area contributed by atoms with Gasteiger partial charge in [-0.05, 0) is 6.07 Å². The lowest BCUT2D eigenvalue weighted by Gasteiger charge is -2.04. The van der Waals surface area contributed by atoms with Crippen LogP contribution in [0.3, 0.4) is 0 Å². The Labute approximate surface area is 147 Å². The first-order chi connectivity index (χ1) is 12.5. The first-order valence-electron chi connectivity index (χ1n) is 7.84. The van der Waals surface area contributed by atoms with Crippen LogP contribution in [-0.2, 0) is 13.1 Å². The molecule has 2 aromatic heterocycles. The molecule has 0 aliphatic carbocycles. The number of para-hydroxylation sites is 1. The molecule has 2 heterocycles. The van der Waals surface area contributed by atoms with Gasteiger partial charge < -0.3 is 9.13 Å². The summed E-state index contributed by atoms with van der Waals surface area (Å²) in [6, 6.07) is 11.5. The van der Waals surface area contributed by atoms with Gasteiger partial charge >= 0.3 is 0 Å². The minimum atomic E-state index is -0.617. The summed E-state index contributed by atoms with van der Waals surface area (Å²) in [7, 11) is 0. The molecule has 0 amide bonds. The van der Waals surface area contributed by atoms with E-state index >= 15 is 0 Å². The second-order valence-electron chi connectivity index (χ2n) is 5.70. The van der Waals surface area contributed by atoms with Crippen molar-refractivity contribution in [3.05, 3.63) is 74.8 Å². The van der Waals surface area contributed by atoms with Crippen LogP contribution in [0.4, 0.5) is 5.69 Å². The Morgan fingerprint density at radius 2 is 1.92 bits per heavy atom. The highest BCUT2D eigenvalue weighted by atomic mass is 16.6. The minimum absolute atomic E-state index is 0.256. The van der Waals surface area contributed by atoms with Gasteiger partial charge in [0, 0.05) is 41.3 Å². The average molecular weight is 350 g/mol. The molecular formula is C18H14N4O4. The van der Waals surface area contributed by atoms with E-state index in [1.165, 1.54) is 0 Å². The molecule has 3 rings (SSSR count). The van der Waals surface area contributed by atoms with E-state index < -0.39 is 10.5 Å². The predicted molar refractivity (Wildman–Crippen MR) is 93.9 cm³/mol. The summed E-state index contributed by atoms with van der Waals surface area (Å²) in [6.07, 6.45) is 3.03. The van der Waals surface area contributed by atoms with Crippen molar-refractivity contribution in [1.82, 2.24) is 9.13 Å². The van der Waals surface area contributed by atoms with Gasteiger partial charge in [-0.1, -0.05) is 18.2 Å². The van der Waals surface area contributed by atoms with Crippen molar-refractivity contribution < 1.29 is 9.72 Å². The second-order valence-corrected chi connectivity index (χ2v) is 5.70. The van der Waals surface area contributed by atoms with Crippen LogP contribution in [0.1, 0.15) is 16.8 Å². The van der Waals surface area contributed by atoms with E-state index in [-0.39, 0.29) is 18.0 Å². The molecule has 0 atom stereocenters. The molecule has 0 aliphatic heterocycles. The zero-order valence-corrected chi connectivity index (χ0v) is 13.7. The van der Waals surface area contributed by atoms with Crippen molar-refractivity contribution >= 4 is 22.4 Å². The van der Waals surface area contributed by atoms with Crippen molar-refractivity contribution in [1.29, 1.82) is 5.26 Å². The van der Waals surface area contributed by atoms with Crippen molar-refractivity contribution in [3.8, 4) is 6.07 Å².